The van der Waals surface area contributed by atoms with Crippen molar-refractivity contribution in [3.8, 4) is 17.2 Å². The fourth-order valence-corrected chi connectivity index (χ4v) is 2.59. The molecule has 0 radical (unpaired) electrons. The third-order valence-electron chi connectivity index (χ3n) is 3.53. The molecule has 0 N–H and O–H groups in total. The number of hydrogen-bond donors (Lipinski definition) is 0. The van der Waals surface area contributed by atoms with Crippen molar-refractivity contribution < 1.29 is 9.47 Å². The van der Waals surface area contributed by atoms with Crippen molar-refractivity contribution >= 4 is 22.4 Å². The zero-order valence-corrected chi connectivity index (χ0v) is 12.9. The SMILES string of the molecule is COc1ccc(-n2cc(Cl)c3cc(OC)ccc3c2=O)cc1. The number of aromatic nitrogens is 1. The van der Waals surface area contributed by atoms with Crippen molar-refractivity contribution in [3.63, 3.8) is 0 Å². The highest BCUT2D eigenvalue weighted by molar-refractivity contribution is 6.35. The molecule has 5 heteroatoms. The van der Waals surface area contributed by atoms with Gasteiger partial charge in [-0.1, -0.05) is 11.6 Å². The lowest BCUT2D eigenvalue weighted by atomic mass is 10.1. The van der Waals surface area contributed by atoms with Crippen LogP contribution in [-0.4, -0.2) is 18.8 Å². The van der Waals surface area contributed by atoms with Gasteiger partial charge in [0, 0.05) is 22.7 Å². The Morgan fingerprint density at radius 2 is 1.55 bits per heavy atom. The Balaban J connectivity index is 2.22. The predicted octanol–water partition coefficient (Wildman–Crippen LogP) is 3.66. The first-order valence-electron chi connectivity index (χ1n) is 6.67. The Hall–Kier alpha value is -2.46. The van der Waals surface area contributed by atoms with Crippen LogP contribution in [0, 0.1) is 0 Å². The van der Waals surface area contributed by atoms with Crippen LogP contribution in [0.15, 0.2) is 53.5 Å². The van der Waals surface area contributed by atoms with Gasteiger partial charge in [0.25, 0.3) is 5.56 Å². The fourth-order valence-electron chi connectivity index (χ4n) is 2.34. The molecule has 0 aliphatic rings. The van der Waals surface area contributed by atoms with Gasteiger partial charge in [-0.05, 0) is 42.5 Å². The van der Waals surface area contributed by atoms with E-state index in [9.17, 15) is 4.79 Å². The Morgan fingerprint density at radius 1 is 0.909 bits per heavy atom. The summed E-state index contributed by atoms with van der Waals surface area (Å²) >= 11 is 6.33. The summed E-state index contributed by atoms with van der Waals surface area (Å²) in [6.07, 6.45) is 1.62. The van der Waals surface area contributed by atoms with E-state index in [1.807, 2.05) is 12.1 Å². The van der Waals surface area contributed by atoms with E-state index >= 15 is 0 Å². The number of hydrogen-bond acceptors (Lipinski definition) is 3. The first-order chi connectivity index (χ1) is 10.6. The summed E-state index contributed by atoms with van der Waals surface area (Å²) in [7, 11) is 3.18. The summed E-state index contributed by atoms with van der Waals surface area (Å²) in [5.41, 5.74) is 0.595. The van der Waals surface area contributed by atoms with E-state index in [0.717, 1.165) is 11.4 Å². The van der Waals surface area contributed by atoms with Crippen LogP contribution in [0.4, 0.5) is 0 Å². The smallest absolute Gasteiger partial charge is 0.263 e. The molecule has 0 aliphatic carbocycles. The highest BCUT2D eigenvalue weighted by Gasteiger charge is 2.10. The molecule has 0 amide bonds. The molecule has 1 heterocycles. The summed E-state index contributed by atoms with van der Waals surface area (Å²) in [6.45, 7) is 0. The number of nitrogens with zero attached hydrogens (tertiary/aromatic N) is 1. The summed E-state index contributed by atoms with van der Waals surface area (Å²) in [5.74, 6) is 1.39. The van der Waals surface area contributed by atoms with Gasteiger partial charge in [0.15, 0.2) is 0 Å². The van der Waals surface area contributed by atoms with Gasteiger partial charge >= 0.3 is 0 Å². The number of ether oxygens (including phenoxy) is 2. The predicted molar refractivity (Wildman–Crippen MR) is 87.7 cm³/mol. The molecule has 0 saturated carbocycles. The van der Waals surface area contributed by atoms with E-state index in [1.54, 1.807) is 50.7 Å². The number of rotatable bonds is 3. The number of fused-ring (bicyclic) bond motifs is 1. The molecule has 0 saturated heterocycles. The van der Waals surface area contributed by atoms with Gasteiger partial charge in [0.05, 0.1) is 19.2 Å². The minimum Gasteiger partial charge on any atom is -0.497 e. The third-order valence-corrected chi connectivity index (χ3v) is 3.83. The maximum Gasteiger partial charge on any atom is 0.263 e. The van der Waals surface area contributed by atoms with Crippen molar-refractivity contribution in [2.75, 3.05) is 14.2 Å². The quantitative estimate of drug-likeness (QED) is 0.740. The molecule has 0 atom stereocenters. The Bertz CT molecular complexity index is 885. The first-order valence-corrected chi connectivity index (χ1v) is 7.05. The third kappa shape index (κ3) is 2.42. The van der Waals surface area contributed by atoms with E-state index < -0.39 is 0 Å². The Labute approximate surface area is 132 Å². The zero-order chi connectivity index (χ0) is 15.7. The van der Waals surface area contributed by atoms with E-state index in [-0.39, 0.29) is 5.56 Å². The monoisotopic (exact) mass is 315 g/mol. The molecule has 0 spiro atoms. The van der Waals surface area contributed by atoms with Crippen LogP contribution in [0.2, 0.25) is 5.02 Å². The van der Waals surface area contributed by atoms with Crippen LogP contribution >= 0.6 is 11.6 Å². The Kier molecular flexibility index (Phi) is 3.77. The molecule has 4 nitrogen and oxygen atoms in total. The number of methoxy groups -OCH3 is 2. The highest BCUT2D eigenvalue weighted by atomic mass is 35.5. The number of benzene rings is 2. The van der Waals surface area contributed by atoms with Crippen molar-refractivity contribution in [3.05, 3.63) is 64.0 Å². The number of halogens is 1. The van der Waals surface area contributed by atoms with Gasteiger partial charge in [-0.15, -0.1) is 0 Å². The molecule has 3 rings (SSSR count). The van der Waals surface area contributed by atoms with Crippen LogP contribution in [-0.2, 0) is 0 Å². The molecule has 0 fully saturated rings. The molecule has 2 aromatic carbocycles. The summed E-state index contributed by atoms with van der Waals surface area (Å²) < 4.78 is 11.8. The standard InChI is InChI=1S/C17H14ClNO3/c1-21-12-5-3-11(4-6-12)19-10-16(18)15-9-13(22-2)7-8-14(15)17(19)20/h3-10H,1-2H3. The minimum atomic E-state index is -0.132. The normalized spacial score (nSPS) is 10.7. The minimum absolute atomic E-state index is 0.132. The number of pyridine rings is 1. The fraction of sp³-hybridized carbons (Fsp3) is 0.118. The van der Waals surface area contributed by atoms with E-state index in [4.69, 9.17) is 21.1 Å². The molecular formula is C17H14ClNO3. The first kappa shape index (κ1) is 14.5. The topological polar surface area (TPSA) is 40.5 Å². The molecule has 1 aromatic heterocycles. The van der Waals surface area contributed by atoms with E-state index in [1.165, 1.54) is 4.57 Å². The lowest BCUT2D eigenvalue weighted by molar-refractivity contribution is 0.414. The van der Waals surface area contributed by atoms with Gasteiger partial charge < -0.3 is 9.47 Å². The highest BCUT2D eigenvalue weighted by Crippen LogP contribution is 2.26. The molecule has 3 aromatic rings. The van der Waals surface area contributed by atoms with Gasteiger partial charge in [0.1, 0.15) is 11.5 Å². The largest absolute Gasteiger partial charge is 0.497 e. The van der Waals surface area contributed by atoms with Gasteiger partial charge in [-0.3, -0.25) is 9.36 Å². The molecule has 0 aliphatic heterocycles. The van der Waals surface area contributed by atoms with Crippen LogP contribution < -0.4 is 15.0 Å². The lowest BCUT2D eigenvalue weighted by Gasteiger charge is -2.10. The van der Waals surface area contributed by atoms with Crippen LogP contribution in [0.1, 0.15) is 0 Å². The average molecular weight is 316 g/mol. The van der Waals surface area contributed by atoms with Gasteiger partial charge in [-0.25, -0.2) is 0 Å². The van der Waals surface area contributed by atoms with Crippen molar-refractivity contribution in [1.29, 1.82) is 0 Å². The summed E-state index contributed by atoms with van der Waals surface area (Å²) in [4.78, 5) is 12.7. The van der Waals surface area contributed by atoms with Gasteiger partial charge in [-0.2, -0.15) is 0 Å². The van der Waals surface area contributed by atoms with Crippen LogP contribution in [0.3, 0.4) is 0 Å². The lowest BCUT2D eigenvalue weighted by Crippen LogP contribution is -2.18. The van der Waals surface area contributed by atoms with Gasteiger partial charge in [0.2, 0.25) is 0 Å². The maximum absolute atomic E-state index is 12.7. The molecule has 0 bridgehead atoms. The van der Waals surface area contributed by atoms with E-state index in [2.05, 4.69) is 0 Å². The van der Waals surface area contributed by atoms with Crippen molar-refractivity contribution in [2.45, 2.75) is 0 Å². The molecular weight excluding hydrogens is 302 g/mol. The molecule has 0 unspecified atom stereocenters. The second-order valence-electron chi connectivity index (χ2n) is 4.76. The molecule has 112 valence electrons. The van der Waals surface area contributed by atoms with Crippen molar-refractivity contribution in [1.82, 2.24) is 4.57 Å². The zero-order valence-electron chi connectivity index (χ0n) is 12.2. The summed E-state index contributed by atoms with van der Waals surface area (Å²) in [6, 6.07) is 12.5. The average Bonchev–Trinajstić information content (AvgIpc) is 2.57. The second kappa shape index (κ2) is 5.73. The summed E-state index contributed by atoms with van der Waals surface area (Å²) in [5, 5.41) is 1.71. The van der Waals surface area contributed by atoms with Crippen LogP contribution in [0.5, 0.6) is 11.5 Å². The van der Waals surface area contributed by atoms with E-state index in [0.29, 0.717) is 21.5 Å². The van der Waals surface area contributed by atoms with Crippen LogP contribution in [0.25, 0.3) is 16.5 Å². The Morgan fingerprint density at radius 3 is 2.18 bits per heavy atom. The maximum atomic E-state index is 12.7. The van der Waals surface area contributed by atoms with Crippen molar-refractivity contribution in [2.24, 2.45) is 0 Å². The second-order valence-corrected chi connectivity index (χ2v) is 5.17. The molecule has 22 heavy (non-hydrogen) atoms.